The summed E-state index contributed by atoms with van der Waals surface area (Å²) in [6.07, 6.45) is 7.85. The van der Waals surface area contributed by atoms with Crippen molar-refractivity contribution in [2.75, 3.05) is 19.8 Å². The number of aliphatic hydroxyl groups is 1. The number of nitrogens with zero attached hydrogens (tertiary/aromatic N) is 1. The van der Waals surface area contributed by atoms with E-state index in [1.165, 1.54) is 18.4 Å². The highest BCUT2D eigenvalue weighted by molar-refractivity contribution is 5.05. The second-order valence-electron chi connectivity index (χ2n) is 3.89. The van der Waals surface area contributed by atoms with Crippen LogP contribution in [0.1, 0.15) is 25.3 Å². The molecule has 0 aliphatic rings. The van der Waals surface area contributed by atoms with Crippen LogP contribution in [0, 0.1) is 0 Å². The van der Waals surface area contributed by atoms with Crippen LogP contribution in [0.2, 0.25) is 0 Å². The minimum atomic E-state index is 0.0984. The zero-order chi connectivity index (χ0) is 11.6. The molecule has 0 aromatic carbocycles. The van der Waals surface area contributed by atoms with E-state index in [9.17, 15) is 0 Å². The fourth-order valence-corrected chi connectivity index (χ4v) is 1.58. The topological polar surface area (TPSA) is 33.3 Å². The minimum Gasteiger partial charge on any atom is -0.394 e. The van der Waals surface area contributed by atoms with Crippen molar-refractivity contribution < 1.29 is 14.4 Å². The number of aromatic nitrogens is 1. The van der Waals surface area contributed by atoms with Crippen LogP contribution in [0.3, 0.4) is 0 Å². The molecule has 0 unspecified atom stereocenters. The Morgan fingerprint density at radius 1 is 1.38 bits per heavy atom. The zero-order valence-electron chi connectivity index (χ0n) is 10.1. The molecule has 1 aromatic heterocycles. The maximum Gasteiger partial charge on any atom is 0.172 e. The average Bonchev–Trinajstić information content (AvgIpc) is 2.33. The molecular formula is C13H22NO2+. The van der Waals surface area contributed by atoms with Gasteiger partial charge in [-0.3, -0.25) is 0 Å². The number of ether oxygens (including phenoxy) is 1. The van der Waals surface area contributed by atoms with E-state index >= 15 is 0 Å². The van der Waals surface area contributed by atoms with Crippen LogP contribution in [0.25, 0.3) is 0 Å². The lowest BCUT2D eigenvalue weighted by Gasteiger charge is -2.01. The fourth-order valence-electron chi connectivity index (χ4n) is 1.58. The molecule has 0 saturated heterocycles. The molecule has 0 aliphatic heterocycles. The van der Waals surface area contributed by atoms with E-state index in [0.717, 1.165) is 13.0 Å². The molecule has 0 amide bonds. The van der Waals surface area contributed by atoms with Gasteiger partial charge in [0.2, 0.25) is 0 Å². The van der Waals surface area contributed by atoms with Crippen LogP contribution < -0.4 is 4.57 Å². The minimum absolute atomic E-state index is 0.0984. The molecule has 0 radical (unpaired) electrons. The highest BCUT2D eigenvalue weighted by atomic mass is 16.5. The lowest BCUT2D eigenvalue weighted by molar-refractivity contribution is -0.698. The lowest BCUT2D eigenvalue weighted by atomic mass is 10.1. The molecule has 90 valence electrons. The third-order valence-corrected chi connectivity index (χ3v) is 2.47. The van der Waals surface area contributed by atoms with Crippen molar-refractivity contribution in [3.63, 3.8) is 0 Å². The summed E-state index contributed by atoms with van der Waals surface area (Å²) < 4.78 is 7.38. The van der Waals surface area contributed by atoms with Crippen molar-refractivity contribution >= 4 is 0 Å². The normalized spacial score (nSPS) is 10.6. The Labute approximate surface area is 97.7 Å². The van der Waals surface area contributed by atoms with Gasteiger partial charge in [0.05, 0.1) is 13.2 Å². The summed E-state index contributed by atoms with van der Waals surface area (Å²) in [5.74, 6) is 0. The van der Waals surface area contributed by atoms with Crippen molar-refractivity contribution in [2.45, 2.75) is 32.7 Å². The molecule has 1 heterocycles. The molecule has 1 rings (SSSR count). The average molecular weight is 224 g/mol. The number of rotatable bonds is 8. The lowest BCUT2D eigenvalue weighted by Crippen LogP contribution is -2.35. The number of unbranched alkanes of at least 4 members (excludes halogenated alkanes) is 1. The summed E-state index contributed by atoms with van der Waals surface area (Å²) >= 11 is 0. The van der Waals surface area contributed by atoms with Gasteiger partial charge in [0, 0.05) is 11.6 Å². The van der Waals surface area contributed by atoms with E-state index in [-0.39, 0.29) is 6.61 Å². The van der Waals surface area contributed by atoms with Gasteiger partial charge in [-0.05, 0) is 18.9 Å². The summed E-state index contributed by atoms with van der Waals surface area (Å²) in [4.78, 5) is 0. The summed E-state index contributed by atoms with van der Waals surface area (Å²) in [6, 6.07) is 4.25. The summed E-state index contributed by atoms with van der Waals surface area (Å²) in [6.45, 7) is 4.24. The Kier molecular flexibility index (Phi) is 6.77. The molecule has 0 atom stereocenters. The Hall–Kier alpha value is -0.930. The second-order valence-corrected chi connectivity index (χ2v) is 3.89. The first-order valence-electron chi connectivity index (χ1n) is 6.03. The standard InChI is InChI=1S/C13H22NO2/c1-2-3-5-13-6-4-7-14(12-13)8-10-16-11-9-15/h4,6-7,12,15H,2-3,5,8-11H2,1H3/q+1. The highest BCUT2D eigenvalue weighted by Crippen LogP contribution is 2.01. The van der Waals surface area contributed by atoms with Gasteiger partial charge in [-0.1, -0.05) is 13.3 Å². The SMILES string of the molecule is CCCCc1ccc[n+](CCOCCO)c1. The summed E-state index contributed by atoms with van der Waals surface area (Å²) in [7, 11) is 0. The Morgan fingerprint density at radius 2 is 2.25 bits per heavy atom. The van der Waals surface area contributed by atoms with E-state index in [2.05, 4.69) is 36.0 Å². The maximum atomic E-state index is 8.57. The van der Waals surface area contributed by atoms with Gasteiger partial charge in [0.1, 0.15) is 6.61 Å². The predicted molar refractivity (Wildman–Crippen MR) is 63.2 cm³/mol. The van der Waals surface area contributed by atoms with Crippen LogP contribution in [-0.2, 0) is 17.7 Å². The molecule has 0 fully saturated rings. The van der Waals surface area contributed by atoms with Gasteiger partial charge in [0.15, 0.2) is 18.9 Å². The number of hydrogen-bond acceptors (Lipinski definition) is 2. The smallest absolute Gasteiger partial charge is 0.172 e. The molecule has 0 spiro atoms. The Balaban J connectivity index is 2.35. The molecule has 1 aromatic rings. The van der Waals surface area contributed by atoms with Gasteiger partial charge in [-0.25, -0.2) is 4.57 Å². The first-order chi connectivity index (χ1) is 7.86. The van der Waals surface area contributed by atoms with E-state index in [4.69, 9.17) is 9.84 Å². The van der Waals surface area contributed by atoms with Crippen LogP contribution in [0.5, 0.6) is 0 Å². The number of aryl methyl sites for hydroxylation is 1. The molecule has 1 N–H and O–H groups in total. The van der Waals surface area contributed by atoms with Crippen LogP contribution in [0.4, 0.5) is 0 Å². The van der Waals surface area contributed by atoms with Gasteiger partial charge >= 0.3 is 0 Å². The summed E-state index contributed by atoms with van der Waals surface area (Å²) in [5, 5.41) is 8.57. The van der Waals surface area contributed by atoms with Gasteiger partial charge < -0.3 is 9.84 Å². The molecule has 3 nitrogen and oxygen atoms in total. The van der Waals surface area contributed by atoms with Gasteiger partial charge in [0.25, 0.3) is 0 Å². The third-order valence-electron chi connectivity index (χ3n) is 2.47. The largest absolute Gasteiger partial charge is 0.394 e. The van der Waals surface area contributed by atoms with Gasteiger partial charge in [-0.15, -0.1) is 0 Å². The Bertz CT molecular complexity index is 289. The zero-order valence-corrected chi connectivity index (χ0v) is 10.1. The quantitative estimate of drug-likeness (QED) is 0.534. The molecule has 0 bridgehead atoms. The molecule has 0 aliphatic carbocycles. The van der Waals surface area contributed by atoms with Crippen LogP contribution in [0.15, 0.2) is 24.5 Å². The van der Waals surface area contributed by atoms with Crippen LogP contribution >= 0.6 is 0 Å². The molecule has 0 saturated carbocycles. The van der Waals surface area contributed by atoms with E-state index < -0.39 is 0 Å². The van der Waals surface area contributed by atoms with Crippen molar-refractivity contribution in [1.29, 1.82) is 0 Å². The number of hydrogen-bond donors (Lipinski definition) is 1. The van der Waals surface area contributed by atoms with Crippen molar-refractivity contribution in [1.82, 2.24) is 0 Å². The van der Waals surface area contributed by atoms with Gasteiger partial charge in [-0.2, -0.15) is 0 Å². The van der Waals surface area contributed by atoms with Crippen molar-refractivity contribution in [2.24, 2.45) is 0 Å². The second kappa shape index (κ2) is 8.25. The van der Waals surface area contributed by atoms with Crippen molar-refractivity contribution in [3.8, 4) is 0 Å². The van der Waals surface area contributed by atoms with Crippen molar-refractivity contribution in [3.05, 3.63) is 30.1 Å². The molecule has 3 heteroatoms. The predicted octanol–water partition coefficient (Wildman–Crippen LogP) is 1.33. The van der Waals surface area contributed by atoms with Crippen LogP contribution in [-0.4, -0.2) is 24.9 Å². The monoisotopic (exact) mass is 224 g/mol. The first kappa shape index (κ1) is 13.1. The summed E-state index contributed by atoms with van der Waals surface area (Å²) in [5.41, 5.74) is 1.38. The third kappa shape index (κ3) is 5.24. The highest BCUT2D eigenvalue weighted by Gasteiger charge is 2.02. The Morgan fingerprint density at radius 3 is 3.00 bits per heavy atom. The van der Waals surface area contributed by atoms with E-state index in [1.54, 1.807) is 0 Å². The van der Waals surface area contributed by atoms with E-state index in [0.29, 0.717) is 13.2 Å². The number of pyridine rings is 1. The maximum absolute atomic E-state index is 8.57. The van der Waals surface area contributed by atoms with E-state index in [1.807, 2.05) is 0 Å². The molecule has 16 heavy (non-hydrogen) atoms. The molecular weight excluding hydrogens is 202 g/mol. The fraction of sp³-hybridized carbons (Fsp3) is 0.615. The first-order valence-corrected chi connectivity index (χ1v) is 6.03. The number of aliphatic hydroxyl groups excluding tert-OH is 1.